The lowest BCUT2D eigenvalue weighted by molar-refractivity contribution is 0.174. The minimum atomic E-state index is 0.269. The number of rotatable bonds is 2. The van der Waals surface area contributed by atoms with Crippen molar-refractivity contribution in [1.82, 2.24) is 0 Å². The maximum atomic E-state index is 6.03. The van der Waals surface area contributed by atoms with Crippen LogP contribution in [0.25, 0.3) is 17.2 Å². The van der Waals surface area contributed by atoms with Crippen LogP contribution in [0.1, 0.15) is 5.56 Å². The second-order valence-electron chi connectivity index (χ2n) is 4.01. The normalized spacial score (nSPS) is 12.5. The lowest BCUT2D eigenvalue weighted by Crippen LogP contribution is -1.92. The van der Waals surface area contributed by atoms with E-state index >= 15 is 0 Å². The van der Waals surface area contributed by atoms with Gasteiger partial charge in [0.25, 0.3) is 0 Å². The zero-order valence-corrected chi connectivity index (χ0v) is 10.4. The summed E-state index contributed by atoms with van der Waals surface area (Å²) in [4.78, 5) is 0. The molecule has 0 radical (unpaired) electrons. The van der Waals surface area contributed by atoms with Gasteiger partial charge in [-0.2, -0.15) is 0 Å². The van der Waals surface area contributed by atoms with Crippen molar-refractivity contribution < 1.29 is 9.47 Å². The summed E-state index contributed by atoms with van der Waals surface area (Å²) < 4.78 is 10.8. The van der Waals surface area contributed by atoms with Crippen LogP contribution in [-0.4, -0.2) is 6.79 Å². The Bertz CT molecular complexity index is 620. The van der Waals surface area contributed by atoms with Crippen LogP contribution in [0.4, 0.5) is 0 Å². The minimum Gasteiger partial charge on any atom is -0.454 e. The molecule has 3 heteroatoms. The number of fused-ring (bicyclic) bond motifs is 1. The van der Waals surface area contributed by atoms with E-state index in [1.165, 1.54) is 0 Å². The Morgan fingerprint density at radius 3 is 2.61 bits per heavy atom. The molecule has 0 amide bonds. The SMILES string of the molecule is C=Cc1cc2c(cc1-c1cccc(Cl)c1)OCO2. The molecule has 3 rings (SSSR count). The lowest BCUT2D eigenvalue weighted by Gasteiger charge is -2.08. The van der Waals surface area contributed by atoms with E-state index in [2.05, 4.69) is 6.58 Å². The third-order valence-corrected chi connectivity index (χ3v) is 3.14. The lowest BCUT2D eigenvalue weighted by atomic mass is 9.99. The molecule has 0 saturated heterocycles. The van der Waals surface area contributed by atoms with Crippen LogP contribution in [-0.2, 0) is 0 Å². The van der Waals surface area contributed by atoms with E-state index in [-0.39, 0.29) is 6.79 Å². The van der Waals surface area contributed by atoms with Crippen LogP contribution in [0.15, 0.2) is 43.0 Å². The van der Waals surface area contributed by atoms with E-state index in [1.807, 2.05) is 36.4 Å². The summed E-state index contributed by atoms with van der Waals surface area (Å²) in [5.41, 5.74) is 3.08. The van der Waals surface area contributed by atoms with Crippen LogP contribution in [0, 0.1) is 0 Å². The van der Waals surface area contributed by atoms with Gasteiger partial charge in [-0.1, -0.05) is 36.4 Å². The van der Waals surface area contributed by atoms with Crippen LogP contribution in [0.5, 0.6) is 11.5 Å². The standard InChI is InChI=1S/C15H11ClO2/c1-2-10-7-14-15(18-9-17-14)8-13(10)11-4-3-5-12(16)6-11/h2-8H,1,9H2. The predicted octanol–water partition coefficient (Wildman–Crippen LogP) is 4.38. The van der Waals surface area contributed by atoms with E-state index in [4.69, 9.17) is 21.1 Å². The second kappa shape index (κ2) is 4.39. The van der Waals surface area contributed by atoms with Gasteiger partial charge in [-0.3, -0.25) is 0 Å². The average Bonchev–Trinajstić information content (AvgIpc) is 2.84. The quantitative estimate of drug-likeness (QED) is 0.796. The van der Waals surface area contributed by atoms with Crippen molar-refractivity contribution >= 4 is 17.7 Å². The molecule has 0 aliphatic carbocycles. The van der Waals surface area contributed by atoms with Crippen molar-refractivity contribution in [2.45, 2.75) is 0 Å². The highest BCUT2D eigenvalue weighted by Crippen LogP contribution is 2.39. The molecule has 0 N–H and O–H groups in total. The van der Waals surface area contributed by atoms with Crippen LogP contribution >= 0.6 is 11.6 Å². The molecular formula is C15H11ClO2. The second-order valence-corrected chi connectivity index (χ2v) is 4.44. The maximum Gasteiger partial charge on any atom is 0.231 e. The Morgan fingerprint density at radius 1 is 1.11 bits per heavy atom. The summed E-state index contributed by atoms with van der Waals surface area (Å²) >= 11 is 6.03. The Morgan fingerprint density at radius 2 is 1.89 bits per heavy atom. The number of ether oxygens (including phenoxy) is 2. The van der Waals surface area contributed by atoms with E-state index in [9.17, 15) is 0 Å². The van der Waals surface area contributed by atoms with E-state index in [0.29, 0.717) is 5.02 Å². The molecular weight excluding hydrogens is 248 g/mol. The van der Waals surface area contributed by atoms with Crippen molar-refractivity contribution in [2.24, 2.45) is 0 Å². The molecule has 1 aliphatic rings. The molecule has 0 aromatic heterocycles. The molecule has 0 saturated carbocycles. The van der Waals surface area contributed by atoms with E-state index in [1.54, 1.807) is 6.08 Å². The van der Waals surface area contributed by atoms with Gasteiger partial charge < -0.3 is 9.47 Å². The van der Waals surface area contributed by atoms with Crippen molar-refractivity contribution in [3.05, 3.63) is 53.6 Å². The number of benzene rings is 2. The molecule has 0 atom stereocenters. The third-order valence-electron chi connectivity index (χ3n) is 2.90. The molecule has 1 heterocycles. The highest BCUT2D eigenvalue weighted by Gasteiger charge is 2.16. The Kier molecular flexibility index (Phi) is 2.73. The van der Waals surface area contributed by atoms with Gasteiger partial charge in [0, 0.05) is 5.02 Å². The van der Waals surface area contributed by atoms with Crippen molar-refractivity contribution in [2.75, 3.05) is 6.79 Å². The fourth-order valence-corrected chi connectivity index (χ4v) is 2.22. The summed E-state index contributed by atoms with van der Waals surface area (Å²) in [5.74, 6) is 1.52. The van der Waals surface area contributed by atoms with Crippen LogP contribution < -0.4 is 9.47 Å². The predicted molar refractivity (Wildman–Crippen MR) is 73.1 cm³/mol. The first-order chi connectivity index (χ1) is 8.78. The topological polar surface area (TPSA) is 18.5 Å². The first-order valence-corrected chi connectivity index (χ1v) is 5.98. The minimum absolute atomic E-state index is 0.269. The number of halogens is 1. The van der Waals surface area contributed by atoms with Gasteiger partial charge in [-0.05, 0) is 41.0 Å². The molecule has 1 aliphatic heterocycles. The highest BCUT2D eigenvalue weighted by molar-refractivity contribution is 6.30. The average molecular weight is 259 g/mol. The van der Waals surface area contributed by atoms with Gasteiger partial charge in [0.15, 0.2) is 11.5 Å². The fourth-order valence-electron chi connectivity index (χ4n) is 2.03. The Hall–Kier alpha value is -1.93. The van der Waals surface area contributed by atoms with Gasteiger partial charge in [0.1, 0.15) is 0 Å². The summed E-state index contributed by atoms with van der Waals surface area (Å²) in [7, 11) is 0. The molecule has 0 unspecified atom stereocenters. The maximum absolute atomic E-state index is 6.03. The first-order valence-electron chi connectivity index (χ1n) is 5.60. The van der Waals surface area contributed by atoms with Gasteiger partial charge >= 0.3 is 0 Å². The molecule has 0 fully saturated rings. The zero-order chi connectivity index (χ0) is 12.5. The largest absolute Gasteiger partial charge is 0.454 e. The monoisotopic (exact) mass is 258 g/mol. The van der Waals surface area contributed by atoms with Gasteiger partial charge in [0.2, 0.25) is 6.79 Å². The summed E-state index contributed by atoms with van der Waals surface area (Å²) in [6.07, 6.45) is 1.80. The molecule has 0 spiro atoms. The number of hydrogen-bond acceptors (Lipinski definition) is 2. The fraction of sp³-hybridized carbons (Fsp3) is 0.0667. The Labute approximate surface area is 110 Å². The van der Waals surface area contributed by atoms with E-state index < -0.39 is 0 Å². The highest BCUT2D eigenvalue weighted by atomic mass is 35.5. The van der Waals surface area contributed by atoms with E-state index in [0.717, 1.165) is 28.2 Å². The smallest absolute Gasteiger partial charge is 0.231 e. The zero-order valence-electron chi connectivity index (χ0n) is 9.65. The third kappa shape index (κ3) is 1.85. The summed E-state index contributed by atoms with van der Waals surface area (Å²) in [6.45, 7) is 4.10. The first kappa shape index (κ1) is 11.2. The van der Waals surface area contributed by atoms with Gasteiger partial charge in [-0.15, -0.1) is 0 Å². The molecule has 2 aromatic rings. The molecule has 2 aromatic carbocycles. The molecule has 90 valence electrons. The van der Waals surface area contributed by atoms with Crippen molar-refractivity contribution in [3.63, 3.8) is 0 Å². The van der Waals surface area contributed by atoms with Crippen molar-refractivity contribution in [1.29, 1.82) is 0 Å². The summed E-state index contributed by atoms with van der Waals surface area (Å²) in [6, 6.07) is 11.6. The van der Waals surface area contributed by atoms with Gasteiger partial charge in [-0.25, -0.2) is 0 Å². The molecule has 18 heavy (non-hydrogen) atoms. The molecule has 2 nitrogen and oxygen atoms in total. The van der Waals surface area contributed by atoms with Crippen molar-refractivity contribution in [3.8, 4) is 22.6 Å². The van der Waals surface area contributed by atoms with Crippen LogP contribution in [0.2, 0.25) is 5.02 Å². The van der Waals surface area contributed by atoms with Crippen LogP contribution in [0.3, 0.4) is 0 Å². The molecule has 0 bridgehead atoms. The Balaban J connectivity index is 2.19. The summed E-state index contributed by atoms with van der Waals surface area (Å²) in [5, 5.41) is 0.708. The number of hydrogen-bond donors (Lipinski definition) is 0. The van der Waals surface area contributed by atoms with Gasteiger partial charge in [0.05, 0.1) is 0 Å².